The van der Waals surface area contributed by atoms with Crippen molar-refractivity contribution in [3.05, 3.63) is 58.8 Å². The van der Waals surface area contributed by atoms with Gasteiger partial charge in [-0.3, -0.25) is 0 Å². The zero-order valence-electron chi connectivity index (χ0n) is 17.1. The third-order valence-electron chi connectivity index (χ3n) is 5.06. The monoisotopic (exact) mass is 381 g/mol. The molecular formula is C23H27NO4. The summed E-state index contributed by atoms with van der Waals surface area (Å²) < 4.78 is 13.1. The van der Waals surface area contributed by atoms with Crippen LogP contribution in [0.2, 0.25) is 0 Å². The average molecular weight is 381 g/mol. The third-order valence-corrected chi connectivity index (χ3v) is 5.06. The number of ether oxygens (including phenoxy) is 2. The fourth-order valence-electron chi connectivity index (χ4n) is 3.61. The number of hydrogen-bond acceptors (Lipinski definition) is 4. The van der Waals surface area contributed by atoms with Crippen molar-refractivity contribution in [2.45, 2.75) is 40.2 Å². The second kappa shape index (κ2) is 7.97. The molecule has 0 saturated heterocycles. The molecule has 3 rings (SSSR count). The maximum atomic E-state index is 12.3. The van der Waals surface area contributed by atoms with E-state index in [0.29, 0.717) is 30.0 Å². The zero-order chi connectivity index (χ0) is 20.4. The van der Waals surface area contributed by atoms with Gasteiger partial charge in [-0.05, 0) is 55.2 Å². The molecule has 1 aromatic heterocycles. The van der Waals surface area contributed by atoms with Gasteiger partial charge >= 0.3 is 5.97 Å². The van der Waals surface area contributed by atoms with E-state index < -0.39 is 5.97 Å². The Morgan fingerprint density at radius 2 is 1.89 bits per heavy atom. The van der Waals surface area contributed by atoms with Crippen LogP contribution >= 0.6 is 0 Å². The minimum Gasteiger partial charge on any atom is -0.508 e. The number of methoxy groups -OCH3 is 1. The van der Waals surface area contributed by atoms with Crippen molar-refractivity contribution in [2.75, 3.05) is 13.7 Å². The van der Waals surface area contributed by atoms with Crippen LogP contribution in [0.25, 0.3) is 10.9 Å². The van der Waals surface area contributed by atoms with Gasteiger partial charge in [-0.25, -0.2) is 4.79 Å². The Kier molecular flexibility index (Phi) is 5.63. The highest BCUT2D eigenvalue weighted by Gasteiger charge is 2.21. The summed E-state index contributed by atoms with van der Waals surface area (Å²) in [5, 5.41) is 10.5. The van der Waals surface area contributed by atoms with Crippen LogP contribution in [0.15, 0.2) is 36.4 Å². The molecule has 1 heterocycles. The van der Waals surface area contributed by atoms with Crippen LogP contribution in [-0.2, 0) is 11.3 Å². The van der Waals surface area contributed by atoms with E-state index in [1.165, 1.54) is 12.7 Å². The summed E-state index contributed by atoms with van der Waals surface area (Å²) >= 11 is 0. The van der Waals surface area contributed by atoms with Crippen molar-refractivity contribution in [3.63, 3.8) is 0 Å². The molecule has 1 N–H and O–H groups in total. The van der Waals surface area contributed by atoms with Crippen LogP contribution in [0.1, 0.15) is 46.9 Å². The van der Waals surface area contributed by atoms with Gasteiger partial charge in [0.05, 0.1) is 19.2 Å². The number of aromatic nitrogens is 1. The van der Waals surface area contributed by atoms with Crippen molar-refractivity contribution in [3.8, 4) is 11.5 Å². The van der Waals surface area contributed by atoms with Crippen molar-refractivity contribution >= 4 is 16.9 Å². The Hall–Kier alpha value is -2.95. The first kappa shape index (κ1) is 19.8. The van der Waals surface area contributed by atoms with Gasteiger partial charge in [-0.1, -0.05) is 26.0 Å². The number of hydrogen-bond donors (Lipinski definition) is 1. The van der Waals surface area contributed by atoms with Gasteiger partial charge in [0.2, 0.25) is 0 Å². The number of nitrogens with zero attached hydrogens (tertiary/aromatic N) is 1. The van der Waals surface area contributed by atoms with E-state index in [0.717, 1.165) is 22.5 Å². The molecule has 0 amide bonds. The van der Waals surface area contributed by atoms with Crippen LogP contribution in [0.4, 0.5) is 0 Å². The summed E-state index contributed by atoms with van der Waals surface area (Å²) in [4.78, 5) is 12.3. The summed E-state index contributed by atoms with van der Waals surface area (Å²) in [6.45, 7) is 9.28. The standard InChI is InChI=1S/C23H27NO4/c1-14(2)18-8-6-15(3)12-21(18)28-11-10-24-16(4)22(23(26)27-5)19-13-17(25)7-9-20(19)24/h6-9,12-14,25H,10-11H2,1-5H3. The number of phenols is 1. The lowest BCUT2D eigenvalue weighted by Gasteiger charge is -2.16. The number of rotatable bonds is 6. The molecule has 28 heavy (non-hydrogen) atoms. The molecule has 0 unspecified atom stereocenters. The van der Waals surface area contributed by atoms with E-state index in [2.05, 4.69) is 39.0 Å². The smallest absolute Gasteiger partial charge is 0.340 e. The van der Waals surface area contributed by atoms with E-state index >= 15 is 0 Å². The van der Waals surface area contributed by atoms with Crippen LogP contribution < -0.4 is 4.74 Å². The second-order valence-electron chi connectivity index (χ2n) is 7.35. The largest absolute Gasteiger partial charge is 0.508 e. The minimum absolute atomic E-state index is 0.118. The number of carbonyl (C=O) groups is 1. The molecule has 5 heteroatoms. The molecule has 3 aromatic rings. The molecule has 0 aliphatic rings. The van der Waals surface area contributed by atoms with E-state index in [-0.39, 0.29) is 5.75 Å². The first-order valence-corrected chi connectivity index (χ1v) is 9.47. The molecule has 0 aliphatic heterocycles. The van der Waals surface area contributed by atoms with Crippen molar-refractivity contribution in [2.24, 2.45) is 0 Å². The number of aromatic hydroxyl groups is 1. The molecular weight excluding hydrogens is 354 g/mol. The van der Waals surface area contributed by atoms with E-state index in [1.54, 1.807) is 12.1 Å². The van der Waals surface area contributed by atoms with Crippen LogP contribution in [0.3, 0.4) is 0 Å². The summed E-state index contributed by atoms with van der Waals surface area (Å²) in [5.41, 5.74) is 4.48. The number of esters is 1. The van der Waals surface area contributed by atoms with Crippen molar-refractivity contribution in [1.29, 1.82) is 0 Å². The maximum absolute atomic E-state index is 12.3. The zero-order valence-corrected chi connectivity index (χ0v) is 17.1. The molecule has 0 bridgehead atoms. The van der Waals surface area contributed by atoms with Gasteiger partial charge in [0.15, 0.2) is 0 Å². The third kappa shape index (κ3) is 3.70. The molecule has 0 spiro atoms. The Morgan fingerprint density at radius 1 is 1.14 bits per heavy atom. The number of benzene rings is 2. The molecule has 0 aliphatic carbocycles. The minimum atomic E-state index is -0.409. The van der Waals surface area contributed by atoms with E-state index in [4.69, 9.17) is 9.47 Å². The maximum Gasteiger partial charge on any atom is 0.340 e. The second-order valence-corrected chi connectivity index (χ2v) is 7.35. The molecule has 148 valence electrons. The van der Waals surface area contributed by atoms with Crippen molar-refractivity contribution in [1.82, 2.24) is 4.57 Å². The average Bonchev–Trinajstić information content (AvgIpc) is 2.92. The quantitative estimate of drug-likeness (QED) is 0.614. The Bertz CT molecular complexity index is 1020. The van der Waals surface area contributed by atoms with Crippen LogP contribution in [0.5, 0.6) is 11.5 Å². The summed E-state index contributed by atoms with van der Waals surface area (Å²) in [7, 11) is 1.36. The summed E-state index contributed by atoms with van der Waals surface area (Å²) in [6.07, 6.45) is 0. The molecule has 0 saturated carbocycles. The predicted molar refractivity (Wildman–Crippen MR) is 110 cm³/mol. The first-order valence-electron chi connectivity index (χ1n) is 9.47. The predicted octanol–water partition coefficient (Wildman–Crippen LogP) is 4.95. The fraction of sp³-hybridized carbons (Fsp3) is 0.348. The highest BCUT2D eigenvalue weighted by molar-refractivity contribution is 6.06. The van der Waals surface area contributed by atoms with E-state index in [1.807, 2.05) is 17.6 Å². The normalized spacial score (nSPS) is 11.2. The molecule has 5 nitrogen and oxygen atoms in total. The van der Waals surface area contributed by atoms with Crippen molar-refractivity contribution < 1.29 is 19.4 Å². The van der Waals surface area contributed by atoms with Gasteiger partial charge in [0, 0.05) is 16.6 Å². The molecule has 0 fully saturated rings. The van der Waals surface area contributed by atoms with Gasteiger partial charge in [0.1, 0.15) is 18.1 Å². The van der Waals surface area contributed by atoms with Gasteiger partial charge in [0.25, 0.3) is 0 Å². The first-order chi connectivity index (χ1) is 13.3. The molecule has 2 aromatic carbocycles. The van der Waals surface area contributed by atoms with Gasteiger partial charge in [-0.15, -0.1) is 0 Å². The highest BCUT2D eigenvalue weighted by atomic mass is 16.5. The summed E-state index contributed by atoms with van der Waals surface area (Å²) in [5.74, 6) is 0.981. The lowest BCUT2D eigenvalue weighted by molar-refractivity contribution is 0.0601. The number of phenolic OH excluding ortho intramolecular Hbond substituents is 1. The molecule has 0 atom stereocenters. The Balaban J connectivity index is 1.91. The van der Waals surface area contributed by atoms with Crippen LogP contribution in [-0.4, -0.2) is 29.4 Å². The SMILES string of the molecule is COC(=O)c1c(C)n(CCOc2cc(C)ccc2C(C)C)c2ccc(O)cc12. The highest BCUT2D eigenvalue weighted by Crippen LogP contribution is 2.30. The Morgan fingerprint density at radius 3 is 2.57 bits per heavy atom. The number of carbonyl (C=O) groups excluding carboxylic acids is 1. The number of aryl methyl sites for hydroxylation is 1. The lowest BCUT2D eigenvalue weighted by atomic mass is 10.0. The van der Waals surface area contributed by atoms with Gasteiger partial charge in [-0.2, -0.15) is 0 Å². The van der Waals surface area contributed by atoms with Crippen LogP contribution in [0, 0.1) is 13.8 Å². The summed E-state index contributed by atoms with van der Waals surface area (Å²) in [6, 6.07) is 11.3. The van der Waals surface area contributed by atoms with E-state index in [9.17, 15) is 9.90 Å². The van der Waals surface area contributed by atoms with Gasteiger partial charge < -0.3 is 19.1 Å². The molecule has 0 radical (unpaired) electrons. The fourth-order valence-corrected chi connectivity index (χ4v) is 3.61. The lowest BCUT2D eigenvalue weighted by Crippen LogP contribution is -2.12. The topological polar surface area (TPSA) is 60.7 Å². The number of fused-ring (bicyclic) bond motifs is 1. The Labute approximate surface area is 165 Å².